The zero-order chi connectivity index (χ0) is 19.5. The van der Waals surface area contributed by atoms with E-state index >= 15 is 0 Å². The normalized spacial score (nSPS) is 22.9. The number of nitrogens with zero attached hydrogens (tertiary/aromatic N) is 4. The Bertz CT molecular complexity index is 706. The summed E-state index contributed by atoms with van der Waals surface area (Å²) in [5, 5.41) is 15.2. The van der Waals surface area contributed by atoms with E-state index in [9.17, 15) is 14.9 Å². The van der Waals surface area contributed by atoms with Gasteiger partial charge in [-0.05, 0) is 33.6 Å². The average Bonchev–Trinajstić information content (AvgIpc) is 2.79. The lowest BCUT2D eigenvalue weighted by Gasteiger charge is -2.19. The van der Waals surface area contributed by atoms with Crippen molar-refractivity contribution in [2.24, 2.45) is 12.0 Å². The summed E-state index contributed by atoms with van der Waals surface area (Å²) in [6, 6.07) is 0. The van der Waals surface area contributed by atoms with E-state index in [0.29, 0.717) is 24.2 Å². The highest BCUT2D eigenvalue weighted by Crippen LogP contribution is 2.32. The second-order valence-electron chi connectivity index (χ2n) is 6.96. The van der Waals surface area contributed by atoms with Crippen LogP contribution in [0.1, 0.15) is 45.4 Å². The zero-order valence-corrected chi connectivity index (χ0v) is 15.6. The summed E-state index contributed by atoms with van der Waals surface area (Å²) in [5.41, 5.74) is 0.124. The maximum atomic E-state index is 12.0. The molecule has 0 spiro atoms. The fraction of sp³-hybridized carbons (Fsp3) is 0.688. The first-order chi connectivity index (χ1) is 12.1. The molecule has 2 atom stereocenters. The summed E-state index contributed by atoms with van der Waals surface area (Å²) >= 11 is 0. The molecule has 1 amide bonds. The number of hydrogen-bond acceptors (Lipinski definition) is 7. The van der Waals surface area contributed by atoms with Gasteiger partial charge in [0.2, 0.25) is 0 Å². The summed E-state index contributed by atoms with van der Waals surface area (Å²) in [4.78, 5) is 26.8. The van der Waals surface area contributed by atoms with Gasteiger partial charge in [0, 0.05) is 14.2 Å². The van der Waals surface area contributed by atoms with Gasteiger partial charge < -0.3 is 14.2 Å². The number of methoxy groups -OCH3 is 1. The van der Waals surface area contributed by atoms with Crippen molar-refractivity contribution in [1.29, 1.82) is 0 Å². The Hall–Kier alpha value is -2.33. The molecule has 1 saturated heterocycles. The predicted molar refractivity (Wildman–Crippen MR) is 92.3 cm³/mol. The van der Waals surface area contributed by atoms with Crippen molar-refractivity contribution in [2.75, 3.05) is 13.7 Å². The Kier molecular flexibility index (Phi) is 6.09. The van der Waals surface area contributed by atoms with Crippen LogP contribution in [-0.4, -0.2) is 51.9 Å². The van der Waals surface area contributed by atoms with Gasteiger partial charge in [-0.2, -0.15) is 10.1 Å². The molecule has 26 heavy (non-hydrogen) atoms. The molecule has 1 aliphatic rings. The Morgan fingerprint density at radius 2 is 2.19 bits per heavy atom. The van der Waals surface area contributed by atoms with Crippen molar-refractivity contribution in [3.8, 4) is 0 Å². The van der Waals surface area contributed by atoms with Crippen LogP contribution in [0.25, 0.3) is 0 Å². The third-order valence-corrected chi connectivity index (χ3v) is 3.86. The van der Waals surface area contributed by atoms with Gasteiger partial charge in [0.05, 0.1) is 17.2 Å². The average molecular weight is 368 g/mol. The Balaban J connectivity index is 2.22. The van der Waals surface area contributed by atoms with E-state index in [1.54, 1.807) is 27.8 Å². The molecule has 144 valence electrons. The highest BCUT2D eigenvalue weighted by Gasteiger charge is 2.33. The standard InChI is InChI=1S/C16H24N4O6/c1-16(2,3)26-15(21)18-10-6-7-12(25-9-13(10)24-5)14-11(20(22)23)8-17-19(14)4/h8,12-13H,6-7,9H2,1-5H3/t12?,13-/m1/s1. The van der Waals surface area contributed by atoms with Gasteiger partial charge in [-0.25, -0.2) is 4.79 Å². The van der Waals surface area contributed by atoms with Crippen molar-refractivity contribution in [2.45, 2.75) is 51.4 Å². The van der Waals surface area contributed by atoms with Gasteiger partial charge in [-0.15, -0.1) is 0 Å². The van der Waals surface area contributed by atoms with Gasteiger partial charge in [-0.1, -0.05) is 0 Å². The van der Waals surface area contributed by atoms with Crippen LogP contribution in [-0.2, 0) is 21.3 Å². The van der Waals surface area contributed by atoms with Gasteiger partial charge in [0.25, 0.3) is 0 Å². The molecule has 1 aliphatic heterocycles. The first-order valence-electron chi connectivity index (χ1n) is 8.23. The minimum Gasteiger partial charge on any atom is -0.442 e. The molecular weight excluding hydrogens is 344 g/mol. The highest BCUT2D eigenvalue weighted by molar-refractivity contribution is 5.96. The molecule has 1 fully saturated rings. The smallest absolute Gasteiger partial charge is 0.434 e. The molecule has 10 nitrogen and oxygen atoms in total. The molecule has 0 radical (unpaired) electrons. The molecule has 2 rings (SSSR count). The van der Waals surface area contributed by atoms with Crippen LogP contribution >= 0.6 is 0 Å². The summed E-state index contributed by atoms with van der Waals surface area (Å²) < 4.78 is 17.8. The summed E-state index contributed by atoms with van der Waals surface area (Å²) in [6.07, 6.45) is 0.214. The number of hydrogen-bond donors (Lipinski definition) is 0. The topological polar surface area (TPSA) is 118 Å². The summed E-state index contributed by atoms with van der Waals surface area (Å²) in [6.45, 7) is 5.39. The number of aromatic nitrogens is 2. The largest absolute Gasteiger partial charge is 0.442 e. The Morgan fingerprint density at radius 3 is 2.77 bits per heavy atom. The van der Waals surface area contributed by atoms with Crippen molar-refractivity contribution >= 4 is 17.5 Å². The number of nitro groups is 1. The number of rotatable bonds is 3. The quantitative estimate of drug-likeness (QED) is 0.594. The van der Waals surface area contributed by atoms with Gasteiger partial charge in [-0.3, -0.25) is 14.8 Å². The molecular formula is C16H24N4O6. The van der Waals surface area contributed by atoms with E-state index < -0.39 is 28.8 Å². The van der Waals surface area contributed by atoms with Crippen LogP contribution in [0, 0.1) is 10.1 Å². The van der Waals surface area contributed by atoms with Crippen LogP contribution in [0.3, 0.4) is 0 Å². The molecule has 0 N–H and O–H groups in total. The maximum absolute atomic E-state index is 12.0. The van der Waals surface area contributed by atoms with Crippen LogP contribution in [0.4, 0.5) is 10.5 Å². The van der Waals surface area contributed by atoms with Crippen LogP contribution in [0.2, 0.25) is 0 Å². The lowest BCUT2D eigenvalue weighted by Crippen LogP contribution is -2.29. The van der Waals surface area contributed by atoms with E-state index in [1.807, 2.05) is 0 Å². The van der Waals surface area contributed by atoms with Gasteiger partial charge in [0.15, 0.2) is 0 Å². The van der Waals surface area contributed by atoms with E-state index in [1.165, 1.54) is 18.0 Å². The van der Waals surface area contributed by atoms with Crippen molar-refractivity contribution in [3.63, 3.8) is 0 Å². The number of carbonyl (C=O) groups is 1. The van der Waals surface area contributed by atoms with Crippen molar-refractivity contribution in [3.05, 3.63) is 22.0 Å². The van der Waals surface area contributed by atoms with Gasteiger partial charge in [0.1, 0.15) is 29.7 Å². The first kappa shape index (κ1) is 20.0. The molecule has 0 saturated carbocycles. The fourth-order valence-electron chi connectivity index (χ4n) is 2.72. The molecule has 0 aromatic carbocycles. The number of aryl methyl sites for hydroxylation is 1. The molecule has 10 heteroatoms. The Morgan fingerprint density at radius 1 is 1.50 bits per heavy atom. The lowest BCUT2D eigenvalue weighted by molar-refractivity contribution is -0.386. The molecule has 0 bridgehead atoms. The van der Waals surface area contributed by atoms with E-state index in [0.717, 1.165) is 0 Å². The monoisotopic (exact) mass is 368 g/mol. The molecule has 0 aliphatic carbocycles. The second kappa shape index (κ2) is 7.92. The van der Waals surface area contributed by atoms with Crippen LogP contribution in [0.15, 0.2) is 11.2 Å². The van der Waals surface area contributed by atoms with Crippen molar-refractivity contribution < 1.29 is 23.9 Å². The predicted octanol–water partition coefficient (Wildman–Crippen LogP) is 2.57. The summed E-state index contributed by atoms with van der Waals surface area (Å²) in [5.74, 6) is 0. The number of ether oxygens (including phenoxy) is 3. The van der Waals surface area contributed by atoms with E-state index in [-0.39, 0.29) is 12.3 Å². The Labute approximate surface area is 151 Å². The molecule has 1 aromatic rings. The van der Waals surface area contributed by atoms with Crippen molar-refractivity contribution in [1.82, 2.24) is 9.78 Å². The number of carbonyl (C=O) groups excluding carboxylic acids is 1. The van der Waals surface area contributed by atoms with E-state index in [2.05, 4.69) is 10.1 Å². The first-order valence-corrected chi connectivity index (χ1v) is 8.23. The second-order valence-corrected chi connectivity index (χ2v) is 6.96. The highest BCUT2D eigenvalue weighted by atomic mass is 16.6. The van der Waals surface area contributed by atoms with Crippen LogP contribution in [0.5, 0.6) is 0 Å². The minimum atomic E-state index is -0.695. The lowest BCUT2D eigenvalue weighted by atomic mass is 10.1. The van der Waals surface area contributed by atoms with Gasteiger partial charge >= 0.3 is 11.8 Å². The summed E-state index contributed by atoms with van der Waals surface area (Å²) in [7, 11) is 3.12. The third kappa shape index (κ3) is 4.85. The van der Waals surface area contributed by atoms with Crippen LogP contribution < -0.4 is 0 Å². The maximum Gasteiger partial charge on any atom is 0.434 e. The number of amides is 1. The van der Waals surface area contributed by atoms with E-state index in [4.69, 9.17) is 14.2 Å². The minimum absolute atomic E-state index is 0.0982. The molecule has 1 aromatic heterocycles. The SMILES string of the molecule is CO[C@@H]1COC(c2c([N+](=O)[O-])cnn2C)CCC1=NC(=O)OC(C)(C)C. The number of aliphatic imine (C=N–C) groups is 1. The zero-order valence-electron chi connectivity index (χ0n) is 15.6. The third-order valence-electron chi connectivity index (χ3n) is 3.86. The molecule has 1 unspecified atom stereocenters. The fourth-order valence-corrected chi connectivity index (χ4v) is 2.72. The molecule has 2 heterocycles.